The number of nitrogens with one attached hydrogen (secondary N) is 2. The highest BCUT2D eigenvalue weighted by molar-refractivity contribution is 7.87. The lowest BCUT2D eigenvalue weighted by Gasteiger charge is -2.47. The maximum Gasteiger partial charge on any atom is 0.407 e. The average Bonchev–Trinajstić information content (AvgIpc) is 2.92. The lowest BCUT2D eigenvalue weighted by atomic mass is 9.65. The van der Waals surface area contributed by atoms with Gasteiger partial charge < -0.3 is 20.4 Å². The van der Waals surface area contributed by atoms with Crippen LogP contribution in [0, 0.1) is 11.2 Å². The van der Waals surface area contributed by atoms with Gasteiger partial charge in [0.15, 0.2) is 6.10 Å². The number of unbranched alkanes of at least 4 members (excludes halogenated alkanes) is 1. The second kappa shape index (κ2) is 14.7. The lowest BCUT2D eigenvalue weighted by Crippen LogP contribution is -2.56. The van der Waals surface area contributed by atoms with E-state index in [4.69, 9.17) is 0 Å². The van der Waals surface area contributed by atoms with E-state index < -0.39 is 39.8 Å². The molecule has 226 valence electrons. The summed E-state index contributed by atoms with van der Waals surface area (Å²) in [5, 5.41) is 24.1. The zero-order chi connectivity index (χ0) is 30.0. The number of hydrogen-bond acceptors (Lipinski definition) is 6. The molecular weight excluding hydrogens is 553 g/mol. The second-order valence-electron chi connectivity index (χ2n) is 10.8. The minimum atomic E-state index is -3.61. The van der Waals surface area contributed by atoms with Crippen LogP contribution in [0.25, 0.3) is 0 Å². The Hall–Kier alpha value is -3.13. The average molecular weight is 594 g/mol. The van der Waals surface area contributed by atoms with Crippen LogP contribution >= 0.6 is 0 Å². The normalized spacial score (nSPS) is 16.0. The van der Waals surface area contributed by atoms with Gasteiger partial charge in [0.2, 0.25) is 0 Å². The van der Waals surface area contributed by atoms with Gasteiger partial charge in [-0.15, -0.1) is 0 Å². The van der Waals surface area contributed by atoms with Gasteiger partial charge in [0, 0.05) is 46.1 Å². The van der Waals surface area contributed by atoms with Crippen LogP contribution < -0.4 is 10.0 Å². The molecule has 0 spiro atoms. The highest BCUT2D eigenvalue weighted by Gasteiger charge is 2.43. The molecule has 0 radical (unpaired) electrons. The topological polar surface area (TPSA) is 152 Å². The first-order valence-electron chi connectivity index (χ1n) is 13.7. The molecule has 0 saturated heterocycles. The number of benzene rings is 1. The standard InChI is InChI=1S/C28H40FN5O6S/c1-33(2)41(39,40)32-16-4-3-8-24(25(35)26(36)31-19-22-7-5-15-30-18-22)34(27(37)38)20-28(13-6-14-28)17-21-9-11-23(29)12-10-21/h5,7,9-12,15,18,24-25,32,35H,3-4,6,8,13-14,16-17,19-20H2,1-2H3,(H,31,36)(H,37,38). The van der Waals surface area contributed by atoms with Gasteiger partial charge in [-0.05, 0) is 73.3 Å². The van der Waals surface area contributed by atoms with Gasteiger partial charge in [0.1, 0.15) is 5.82 Å². The van der Waals surface area contributed by atoms with E-state index in [0.29, 0.717) is 19.3 Å². The summed E-state index contributed by atoms with van der Waals surface area (Å²) in [5.74, 6) is -1.06. The van der Waals surface area contributed by atoms with E-state index in [1.54, 1.807) is 36.7 Å². The minimum Gasteiger partial charge on any atom is -0.465 e. The number of hydrogen-bond donors (Lipinski definition) is 4. The molecule has 1 aromatic carbocycles. The fraction of sp³-hybridized carbons (Fsp3) is 0.536. The van der Waals surface area contributed by atoms with Crippen molar-refractivity contribution >= 4 is 22.2 Å². The van der Waals surface area contributed by atoms with Gasteiger partial charge in [0.05, 0.1) is 6.04 Å². The Labute approximate surface area is 240 Å². The van der Waals surface area contributed by atoms with E-state index in [2.05, 4.69) is 15.0 Å². The van der Waals surface area contributed by atoms with Crippen molar-refractivity contribution < 1.29 is 32.6 Å². The van der Waals surface area contributed by atoms with Crippen molar-refractivity contribution in [3.8, 4) is 0 Å². The van der Waals surface area contributed by atoms with Gasteiger partial charge >= 0.3 is 6.09 Å². The number of carbonyl (C=O) groups is 2. The van der Waals surface area contributed by atoms with Crippen LogP contribution in [-0.2, 0) is 28.0 Å². The largest absolute Gasteiger partial charge is 0.465 e. The molecule has 13 heteroatoms. The Morgan fingerprint density at radius 2 is 1.83 bits per heavy atom. The summed E-state index contributed by atoms with van der Waals surface area (Å²) >= 11 is 0. The minimum absolute atomic E-state index is 0.102. The third-order valence-electron chi connectivity index (χ3n) is 7.57. The number of halogens is 1. The van der Waals surface area contributed by atoms with Crippen LogP contribution in [0.5, 0.6) is 0 Å². The Kier molecular flexibility index (Phi) is 11.6. The molecule has 1 aliphatic carbocycles. The van der Waals surface area contributed by atoms with Gasteiger partial charge in [-0.3, -0.25) is 9.78 Å². The molecule has 1 heterocycles. The van der Waals surface area contributed by atoms with Crippen molar-refractivity contribution in [3.05, 3.63) is 65.7 Å². The molecule has 2 amide bonds. The maximum atomic E-state index is 13.5. The molecule has 1 aromatic heterocycles. The number of aliphatic hydroxyl groups excluding tert-OH is 1. The van der Waals surface area contributed by atoms with E-state index >= 15 is 0 Å². The van der Waals surface area contributed by atoms with Crippen molar-refractivity contribution in [1.29, 1.82) is 0 Å². The molecule has 0 bridgehead atoms. The number of carbonyl (C=O) groups excluding carboxylic acids is 1. The number of pyridine rings is 1. The summed E-state index contributed by atoms with van der Waals surface area (Å²) in [7, 11) is -0.791. The Morgan fingerprint density at radius 1 is 1.12 bits per heavy atom. The van der Waals surface area contributed by atoms with Gasteiger partial charge in [0.25, 0.3) is 16.1 Å². The second-order valence-corrected chi connectivity index (χ2v) is 12.8. The number of rotatable bonds is 16. The molecule has 1 fully saturated rings. The summed E-state index contributed by atoms with van der Waals surface area (Å²) in [6.07, 6.45) is 4.14. The summed E-state index contributed by atoms with van der Waals surface area (Å²) in [5.41, 5.74) is 1.21. The molecule has 4 N–H and O–H groups in total. The summed E-state index contributed by atoms with van der Waals surface area (Å²) in [6, 6.07) is 8.56. The number of nitrogens with zero attached hydrogens (tertiary/aromatic N) is 3. The highest BCUT2D eigenvalue weighted by Crippen LogP contribution is 2.45. The SMILES string of the molecule is CN(C)S(=O)(=O)NCCCCC(C(O)C(=O)NCc1cccnc1)N(CC1(Cc2ccc(F)cc2)CCC1)C(=O)O. The molecule has 2 aromatic rings. The smallest absolute Gasteiger partial charge is 0.407 e. The third kappa shape index (κ3) is 9.45. The van der Waals surface area contributed by atoms with Crippen molar-refractivity contribution in [1.82, 2.24) is 24.2 Å². The van der Waals surface area contributed by atoms with E-state index in [0.717, 1.165) is 39.6 Å². The van der Waals surface area contributed by atoms with E-state index in [-0.39, 0.29) is 31.9 Å². The Bertz CT molecular complexity index is 1240. The van der Waals surface area contributed by atoms with Crippen LogP contribution in [0.4, 0.5) is 9.18 Å². The molecule has 1 aliphatic rings. The molecule has 3 rings (SSSR count). The van der Waals surface area contributed by atoms with Gasteiger partial charge in [-0.2, -0.15) is 12.7 Å². The third-order valence-corrected chi connectivity index (χ3v) is 9.10. The molecule has 11 nitrogen and oxygen atoms in total. The first-order chi connectivity index (χ1) is 19.4. The van der Waals surface area contributed by atoms with Crippen molar-refractivity contribution in [2.75, 3.05) is 27.2 Å². The van der Waals surface area contributed by atoms with Crippen molar-refractivity contribution in [2.45, 2.75) is 63.6 Å². The van der Waals surface area contributed by atoms with Crippen molar-refractivity contribution in [2.24, 2.45) is 5.41 Å². The quantitative estimate of drug-likeness (QED) is 0.218. The maximum absolute atomic E-state index is 13.5. The van der Waals surface area contributed by atoms with E-state index in [1.165, 1.54) is 26.2 Å². The molecular formula is C28H40FN5O6S. The fourth-order valence-electron chi connectivity index (χ4n) is 5.05. The van der Waals surface area contributed by atoms with Gasteiger partial charge in [-0.25, -0.2) is 13.9 Å². The Balaban J connectivity index is 1.74. The summed E-state index contributed by atoms with van der Waals surface area (Å²) in [4.78, 5) is 30.8. The van der Waals surface area contributed by atoms with Crippen molar-refractivity contribution in [3.63, 3.8) is 0 Å². The number of carboxylic acid groups (broad SMARTS) is 1. The molecule has 2 unspecified atom stereocenters. The molecule has 2 atom stereocenters. The predicted octanol–water partition coefficient (Wildman–Crippen LogP) is 2.53. The van der Waals surface area contributed by atoms with Crippen LogP contribution in [-0.4, -0.2) is 84.2 Å². The van der Waals surface area contributed by atoms with Gasteiger partial charge in [-0.1, -0.05) is 24.6 Å². The molecule has 41 heavy (non-hydrogen) atoms. The molecule has 0 aliphatic heterocycles. The first-order valence-corrected chi connectivity index (χ1v) is 15.1. The predicted molar refractivity (Wildman–Crippen MR) is 151 cm³/mol. The summed E-state index contributed by atoms with van der Waals surface area (Å²) in [6.45, 7) is 0.340. The Morgan fingerprint density at radius 3 is 2.39 bits per heavy atom. The highest BCUT2D eigenvalue weighted by atomic mass is 32.2. The zero-order valence-electron chi connectivity index (χ0n) is 23.5. The fourth-order valence-corrected chi connectivity index (χ4v) is 5.72. The van der Waals surface area contributed by atoms with Crippen LogP contribution in [0.3, 0.4) is 0 Å². The monoisotopic (exact) mass is 593 g/mol. The lowest BCUT2D eigenvalue weighted by molar-refractivity contribution is -0.133. The first kappa shape index (κ1) is 32.4. The number of aromatic nitrogens is 1. The zero-order valence-corrected chi connectivity index (χ0v) is 24.3. The number of amides is 2. The number of aliphatic hydroxyl groups is 1. The van der Waals surface area contributed by atoms with Crippen LogP contribution in [0.2, 0.25) is 0 Å². The summed E-state index contributed by atoms with van der Waals surface area (Å²) < 4.78 is 40.9. The van der Waals surface area contributed by atoms with Crippen LogP contribution in [0.1, 0.15) is 49.7 Å². The van der Waals surface area contributed by atoms with E-state index in [1.807, 2.05) is 0 Å². The van der Waals surface area contributed by atoms with Crippen LogP contribution in [0.15, 0.2) is 48.8 Å². The van der Waals surface area contributed by atoms with E-state index in [9.17, 15) is 32.6 Å². The molecule has 1 saturated carbocycles.